The number of hydrogen-bond acceptors (Lipinski definition) is 5. The molecule has 3 aromatic carbocycles. The lowest BCUT2D eigenvalue weighted by Gasteiger charge is -2.16. The first kappa shape index (κ1) is 21.0. The molecule has 3 N–H and O–H groups in total. The summed E-state index contributed by atoms with van der Waals surface area (Å²) in [7, 11) is -3.99. The number of sulfonamides is 1. The summed E-state index contributed by atoms with van der Waals surface area (Å²) < 4.78 is 28.6. The Bertz CT molecular complexity index is 1130. The zero-order valence-corrected chi connectivity index (χ0v) is 17.5. The molecule has 0 amide bonds. The van der Waals surface area contributed by atoms with E-state index in [-0.39, 0.29) is 16.1 Å². The molecule has 29 heavy (non-hydrogen) atoms. The van der Waals surface area contributed by atoms with Crippen molar-refractivity contribution in [3.05, 3.63) is 66.2 Å². The van der Waals surface area contributed by atoms with E-state index < -0.39 is 16.0 Å². The Balaban J connectivity index is 1.97. The second-order valence-corrected chi connectivity index (χ2v) is 9.03. The average Bonchev–Trinajstić information content (AvgIpc) is 2.70. The normalized spacial score (nSPS) is 11.3. The number of carbonyl (C=O) groups is 1. The van der Waals surface area contributed by atoms with Crippen molar-refractivity contribution in [2.75, 3.05) is 28.6 Å². The second-order valence-electron chi connectivity index (χ2n) is 6.39. The van der Waals surface area contributed by atoms with E-state index in [9.17, 15) is 18.3 Å². The van der Waals surface area contributed by atoms with Crippen LogP contribution in [-0.4, -0.2) is 38.0 Å². The summed E-state index contributed by atoms with van der Waals surface area (Å²) >= 11 is 1.73. The molecular weight excluding hydrogens is 408 g/mol. The van der Waals surface area contributed by atoms with Gasteiger partial charge >= 0.3 is 5.97 Å². The van der Waals surface area contributed by atoms with Crippen molar-refractivity contribution in [2.45, 2.75) is 11.3 Å². The summed E-state index contributed by atoms with van der Waals surface area (Å²) in [6, 6.07) is 16.8. The van der Waals surface area contributed by atoms with Crippen LogP contribution in [0.25, 0.3) is 10.8 Å². The van der Waals surface area contributed by atoms with Crippen molar-refractivity contribution >= 4 is 49.9 Å². The van der Waals surface area contributed by atoms with E-state index in [1.54, 1.807) is 60.3 Å². The molecule has 3 rings (SSSR count). The zero-order valence-electron chi connectivity index (χ0n) is 15.9. The van der Waals surface area contributed by atoms with E-state index in [2.05, 4.69) is 10.0 Å². The number of nitrogens with one attached hydrogen (secondary N) is 2. The Morgan fingerprint density at radius 2 is 1.72 bits per heavy atom. The highest BCUT2D eigenvalue weighted by Gasteiger charge is 2.22. The van der Waals surface area contributed by atoms with Gasteiger partial charge in [-0.1, -0.05) is 42.5 Å². The van der Waals surface area contributed by atoms with Crippen molar-refractivity contribution in [1.29, 1.82) is 0 Å². The highest BCUT2D eigenvalue weighted by molar-refractivity contribution is 7.98. The molecular formula is C21H22N2O4S2. The molecule has 0 aliphatic heterocycles. The van der Waals surface area contributed by atoms with Gasteiger partial charge in [0.25, 0.3) is 10.0 Å². The maximum atomic E-state index is 13.1. The summed E-state index contributed by atoms with van der Waals surface area (Å²) in [6.45, 7) is 0.643. The molecule has 0 atom stereocenters. The van der Waals surface area contributed by atoms with Crippen LogP contribution >= 0.6 is 11.8 Å². The van der Waals surface area contributed by atoms with Gasteiger partial charge in [-0.15, -0.1) is 0 Å². The zero-order chi connectivity index (χ0) is 20.9. The lowest BCUT2D eigenvalue weighted by molar-refractivity contribution is 0.0700. The van der Waals surface area contributed by atoms with Crippen LogP contribution in [0.3, 0.4) is 0 Å². The lowest BCUT2D eigenvalue weighted by Crippen LogP contribution is -2.18. The van der Waals surface area contributed by atoms with Crippen LogP contribution in [0.5, 0.6) is 0 Å². The summed E-state index contributed by atoms with van der Waals surface area (Å²) in [4.78, 5) is 12.0. The van der Waals surface area contributed by atoms with E-state index in [1.165, 1.54) is 12.1 Å². The third kappa shape index (κ3) is 4.83. The molecule has 0 bridgehead atoms. The number of fused-ring (bicyclic) bond motifs is 1. The van der Waals surface area contributed by atoms with Crippen molar-refractivity contribution in [3.63, 3.8) is 0 Å². The molecule has 0 heterocycles. The average molecular weight is 431 g/mol. The third-order valence-electron chi connectivity index (χ3n) is 4.40. The van der Waals surface area contributed by atoms with Crippen LogP contribution in [0.1, 0.15) is 16.8 Å². The van der Waals surface area contributed by atoms with Crippen LogP contribution in [-0.2, 0) is 10.0 Å². The number of anilines is 2. The van der Waals surface area contributed by atoms with E-state index >= 15 is 0 Å². The minimum absolute atomic E-state index is 0.0355. The van der Waals surface area contributed by atoms with Gasteiger partial charge < -0.3 is 10.4 Å². The topological polar surface area (TPSA) is 95.5 Å². The molecule has 0 saturated carbocycles. The first-order chi connectivity index (χ1) is 13.9. The van der Waals surface area contributed by atoms with E-state index in [0.29, 0.717) is 17.6 Å². The van der Waals surface area contributed by atoms with Gasteiger partial charge in [0.2, 0.25) is 0 Å². The molecule has 0 aliphatic rings. The molecule has 6 nitrogen and oxygen atoms in total. The van der Waals surface area contributed by atoms with Crippen LogP contribution in [0.4, 0.5) is 11.4 Å². The van der Waals surface area contributed by atoms with E-state index in [0.717, 1.165) is 17.6 Å². The molecule has 0 aliphatic carbocycles. The van der Waals surface area contributed by atoms with Gasteiger partial charge in [-0.2, -0.15) is 11.8 Å². The molecule has 152 valence electrons. The smallest absolute Gasteiger partial charge is 0.338 e. The van der Waals surface area contributed by atoms with Gasteiger partial charge in [0.1, 0.15) is 4.90 Å². The number of hydrogen-bond donors (Lipinski definition) is 3. The predicted molar refractivity (Wildman–Crippen MR) is 120 cm³/mol. The highest BCUT2D eigenvalue weighted by Crippen LogP contribution is 2.30. The number of rotatable bonds is 9. The molecule has 0 aromatic heterocycles. The Hall–Kier alpha value is -2.71. The predicted octanol–water partition coefficient (Wildman–Crippen LogP) is 4.50. The maximum Gasteiger partial charge on any atom is 0.338 e. The van der Waals surface area contributed by atoms with Crippen molar-refractivity contribution in [2.24, 2.45) is 0 Å². The van der Waals surface area contributed by atoms with E-state index in [1.807, 2.05) is 6.26 Å². The number of benzene rings is 3. The van der Waals surface area contributed by atoms with Crippen molar-refractivity contribution < 1.29 is 18.3 Å². The quantitative estimate of drug-likeness (QED) is 0.433. The Morgan fingerprint density at radius 1 is 1.00 bits per heavy atom. The molecule has 0 unspecified atom stereocenters. The van der Waals surface area contributed by atoms with Crippen molar-refractivity contribution in [1.82, 2.24) is 0 Å². The van der Waals surface area contributed by atoms with Crippen LogP contribution in [0.2, 0.25) is 0 Å². The Labute approximate surface area is 174 Å². The second kappa shape index (κ2) is 9.19. The van der Waals surface area contributed by atoms with Gasteiger partial charge in [0, 0.05) is 6.54 Å². The standard InChI is InChI=1S/C21H22N2O4S2/c1-28-14-6-13-22-17-9-4-5-10-19(17)29(26,27)23-18-12-11-15-7-2-3-8-16(15)20(18)21(24)25/h2-5,7-12,22-23H,6,13-14H2,1H3,(H,24,25). The Kier molecular flexibility index (Phi) is 6.66. The van der Waals surface area contributed by atoms with Crippen LogP contribution in [0.15, 0.2) is 65.6 Å². The largest absolute Gasteiger partial charge is 0.478 e. The SMILES string of the molecule is CSCCCNc1ccccc1S(=O)(=O)Nc1ccc2ccccc2c1C(=O)O. The number of thioether (sulfide) groups is 1. The van der Waals surface area contributed by atoms with E-state index in [4.69, 9.17) is 0 Å². The maximum absolute atomic E-state index is 13.1. The van der Waals surface area contributed by atoms with Gasteiger partial charge in [0.05, 0.1) is 16.9 Å². The van der Waals surface area contributed by atoms with Gasteiger partial charge in [0.15, 0.2) is 0 Å². The Morgan fingerprint density at radius 3 is 2.48 bits per heavy atom. The molecule has 8 heteroatoms. The molecule has 0 fully saturated rings. The first-order valence-electron chi connectivity index (χ1n) is 9.04. The number of aromatic carboxylic acids is 1. The fourth-order valence-electron chi connectivity index (χ4n) is 3.07. The summed E-state index contributed by atoms with van der Waals surface area (Å²) in [6.07, 6.45) is 2.92. The van der Waals surface area contributed by atoms with Gasteiger partial charge in [-0.3, -0.25) is 4.72 Å². The molecule has 0 spiro atoms. The van der Waals surface area contributed by atoms with Gasteiger partial charge in [-0.05, 0) is 47.4 Å². The van der Waals surface area contributed by atoms with Crippen LogP contribution in [0, 0.1) is 0 Å². The van der Waals surface area contributed by atoms with Crippen molar-refractivity contribution in [3.8, 4) is 0 Å². The molecule has 0 saturated heterocycles. The fourth-order valence-corrected chi connectivity index (χ4v) is 4.76. The summed E-state index contributed by atoms with van der Waals surface area (Å²) in [5.41, 5.74) is 0.448. The number of para-hydroxylation sites is 1. The number of carboxylic acid groups (broad SMARTS) is 1. The summed E-state index contributed by atoms with van der Waals surface area (Å²) in [5, 5.41) is 14.1. The molecule has 0 radical (unpaired) electrons. The first-order valence-corrected chi connectivity index (χ1v) is 11.9. The van der Waals surface area contributed by atoms with Gasteiger partial charge in [-0.25, -0.2) is 13.2 Å². The van der Waals surface area contributed by atoms with Crippen LogP contribution < -0.4 is 10.0 Å². The number of carboxylic acids is 1. The minimum atomic E-state index is -3.99. The highest BCUT2D eigenvalue weighted by atomic mass is 32.2. The molecule has 3 aromatic rings. The lowest BCUT2D eigenvalue weighted by atomic mass is 10.0. The summed E-state index contributed by atoms with van der Waals surface area (Å²) in [5.74, 6) is -0.220. The monoisotopic (exact) mass is 430 g/mol. The third-order valence-corrected chi connectivity index (χ3v) is 6.53. The fraction of sp³-hybridized carbons (Fsp3) is 0.190. The minimum Gasteiger partial charge on any atom is -0.478 e.